The molecule has 0 amide bonds. The second-order valence-electron chi connectivity index (χ2n) is 5.81. The Balaban J connectivity index is 1.68. The van der Waals surface area contributed by atoms with E-state index in [0.717, 1.165) is 5.69 Å². The third-order valence-electron chi connectivity index (χ3n) is 4.02. The van der Waals surface area contributed by atoms with Crippen LogP contribution in [0.2, 0.25) is 0 Å². The highest BCUT2D eigenvalue weighted by Crippen LogP contribution is 2.20. The zero-order chi connectivity index (χ0) is 19.4. The highest BCUT2D eigenvalue weighted by molar-refractivity contribution is 6.03. The molecule has 0 aliphatic carbocycles. The lowest BCUT2D eigenvalue weighted by molar-refractivity contribution is 0.0519. The topological polar surface area (TPSA) is 112 Å². The first kappa shape index (κ1) is 18.3. The summed E-state index contributed by atoms with van der Waals surface area (Å²) < 4.78 is 12.1. The molecule has 2 heterocycles. The van der Waals surface area contributed by atoms with Gasteiger partial charge in [-0.2, -0.15) is 0 Å². The molecule has 0 atom stereocenters. The molecule has 2 aromatic heterocycles. The van der Waals surface area contributed by atoms with Gasteiger partial charge in [-0.3, -0.25) is 4.79 Å². The van der Waals surface area contributed by atoms with Crippen LogP contribution in [-0.2, 0) is 4.74 Å². The molecule has 27 heavy (non-hydrogen) atoms. The van der Waals surface area contributed by atoms with Gasteiger partial charge in [-0.05, 0) is 61.0 Å². The Bertz CT molecular complexity index is 945. The Morgan fingerprint density at radius 2 is 1.93 bits per heavy atom. The fourth-order valence-electron chi connectivity index (χ4n) is 2.77. The van der Waals surface area contributed by atoms with Gasteiger partial charge in [-0.25, -0.2) is 9.48 Å². The molecular weight excluding hydrogens is 350 g/mol. The number of ketones is 1. The molecule has 140 valence electrons. The second-order valence-corrected chi connectivity index (χ2v) is 5.81. The molecule has 0 aliphatic heterocycles. The van der Waals surface area contributed by atoms with Gasteiger partial charge < -0.3 is 14.5 Å². The molecule has 0 spiro atoms. The summed E-state index contributed by atoms with van der Waals surface area (Å²) >= 11 is 0. The van der Waals surface area contributed by atoms with Crippen LogP contribution in [0.3, 0.4) is 0 Å². The molecule has 0 saturated carbocycles. The number of esters is 1. The van der Waals surface area contributed by atoms with Gasteiger partial charge in [-0.15, -0.1) is 5.10 Å². The van der Waals surface area contributed by atoms with E-state index in [4.69, 9.17) is 9.47 Å². The smallest absolute Gasteiger partial charge is 0.355 e. The highest BCUT2D eigenvalue weighted by Gasteiger charge is 2.22. The maximum absolute atomic E-state index is 12.6. The molecule has 9 heteroatoms. The maximum atomic E-state index is 12.6. The summed E-state index contributed by atoms with van der Waals surface area (Å²) in [7, 11) is 0. The number of rotatable bonds is 7. The average molecular weight is 369 g/mol. The summed E-state index contributed by atoms with van der Waals surface area (Å²) in [6.07, 6.45) is 1.48. The number of nitrogens with zero attached hydrogens (tertiary/aromatic N) is 4. The van der Waals surface area contributed by atoms with Crippen molar-refractivity contribution in [3.63, 3.8) is 0 Å². The molecule has 9 nitrogen and oxygen atoms in total. The fourth-order valence-corrected chi connectivity index (χ4v) is 2.77. The Kier molecular flexibility index (Phi) is 5.30. The number of hydrogen-bond acceptors (Lipinski definition) is 7. The van der Waals surface area contributed by atoms with Crippen LogP contribution >= 0.6 is 0 Å². The Labute approximate surface area is 155 Å². The molecule has 0 saturated heterocycles. The number of carbonyl (C=O) groups excluding carboxylic acids is 2. The monoisotopic (exact) mass is 369 g/mol. The van der Waals surface area contributed by atoms with Crippen LogP contribution in [0.1, 0.15) is 39.0 Å². The van der Waals surface area contributed by atoms with Crippen molar-refractivity contribution in [1.82, 2.24) is 25.2 Å². The number of hydrogen-bond donors (Lipinski definition) is 1. The van der Waals surface area contributed by atoms with Crippen LogP contribution in [0, 0.1) is 13.8 Å². The van der Waals surface area contributed by atoms with Crippen LogP contribution in [0.4, 0.5) is 0 Å². The zero-order valence-electron chi connectivity index (χ0n) is 15.2. The number of ether oxygens (including phenoxy) is 2. The summed E-state index contributed by atoms with van der Waals surface area (Å²) in [5.41, 5.74) is 2.69. The molecule has 0 bridgehead atoms. The van der Waals surface area contributed by atoms with Crippen LogP contribution < -0.4 is 4.74 Å². The number of nitrogens with one attached hydrogen (secondary N) is 1. The number of carbonyl (C=O) groups is 2. The van der Waals surface area contributed by atoms with Crippen molar-refractivity contribution in [2.24, 2.45) is 0 Å². The van der Waals surface area contributed by atoms with Crippen LogP contribution in [0.25, 0.3) is 5.69 Å². The van der Waals surface area contributed by atoms with Crippen molar-refractivity contribution in [2.75, 3.05) is 13.2 Å². The molecule has 0 aliphatic rings. The van der Waals surface area contributed by atoms with E-state index in [-0.39, 0.29) is 19.0 Å². The van der Waals surface area contributed by atoms with E-state index in [9.17, 15) is 9.59 Å². The number of H-pyrrole nitrogens is 1. The van der Waals surface area contributed by atoms with Crippen molar-refractivity contribution in [2.45, 2.75) is 20.8 Å². The summed E-state index contributed by atoms with van der Waals surface area (Å²) in [6, 6.07) is 7.01. The van der Waals surface area contributed by atoms with Crippen molar-refractivity contribution < 1.29 is 19.1 Å². The SMILES string of the molecule is CCOC(=O)c1[nH]c(C)c(C(=O)COc2ccc(-n3cnnn3)cc2)c1C. The normalized spacial score (nSPS) is 10.6. The van der Waals surface area contributed by atoms with Gasteiger partial charge in [0.15, 0.2) is 6.61 Å². The van der Waals surface area contributed by atoms with E-state index >= 15 is 0 Å². The van der Waals surface area contributed by atoms with Gasteiger partial charge in [0.05, 0.1) is 12.3 Å². The van der Waals surface area contributed by atoms with Crippen molar-refractivity contribution in [1.29, 1.82) is 0 Å². The summed E-state index contributed by atoms with van der Waals surface area (Å²) in [6.45, 7) is 5.30. The predicted molar refractivity (Wildman–Crippen MR) is 95.2 cm³/mol. The van der Waals surface area contributed by atoms with Gasteiger partial charge in [0.2, 0.25) is 5.78 Å². The van der Waals surface area contributed by atoms with E-state index in [2.05, 4.69) is 20.5 Å². The van der Waals surface area contributed by atoms with Gasteiger partial charge >= 0.3 is 5.97 Å². The molecule has 1 aromatic carbocycles. The Morgan fingerprint density at radius 1 is 1.19 bits per heavy atom. The standard InChI is InChI=1S/C18H19N5O4/c1-4-26-18(25)17-11(2)16(12(3)20-17)15(24)9-27-14-7-5-13(6-8-14)23-10-19-21-22-23/h5-8,10,20H,4,9H2,1-3H3. The Hall–Kier alpha value is -3.49. The fraction of sp³-hybridized carbons (Fsp3) is 0.278. The summed E-state index contributed by atoms with van der Waals surface area (Å²) in [4.78, 5) is 27.5. The number of Topliss-reactive ketones (excluding diaryl/α,β-unsaturated/α-hetero) is 1. The Morgan fingerprint density at radius 3 is 2.56 bits per heavy atom. The van der Waals surface area contributed by atoms with E-state index in [1.807, 2.05) is 0 Å². The molecular formula is C18H19N5O4. The molecule has 3 rings (SSSR count). The van der Waals surface area contributed by atoms with Gasteiger partial charge in [0, 0.05) is 11.3 Å². The van der Waals surface area contributed by atoms with Gasteiger partial charge in [-0.1, -0.05) is 0 Å². The molecule has 0 radical (unpaired) electrons. The molecule has 1 N–H and O–H groups in total. The minimum Gasteiger partial charge on any atom is -0.485 e. The highest BCUT2D eigenvalue weighted by atomic mass is 16.5. The average Bonchev–Trinajstić information content (AvgIpc) is 3.29. The predicted octanol–water partition coefficient (Wildman–Crippen LogP) is 2.05. The van der Waals surface area contributed by atoms with Gasteiger partial charge in [0.1, 0.15) is 17.8 Å². The van der Waals surface area contributed by atoms with Crippen molar-refractivity contribution in [3.05, 3.63) is 53.1 Å². The van der Waals surface area contributed by atoms with Gasteiger partial charge in [0.25, 0.3) is 0 Å². The third kappa shape index (κ3) is 3.86. The quantitative estimate of drug-likeness (QED) is 0.501. The van der Waals surface area contributed by atoms with Crippen molar-refractivity contribution >= 4 is 11.8 Å². The van der Waals surface area contributed by atoms with E-state index < -0.39 is 5.97 Å². The third-order valence-corrected chi connectivity index (χ3v) is 4.02. The van der Waals surface area contributed by atoms with E-state index in [0.29, 0.717) is 28.3 Å². The minimum atomic E-state index is -0.476. The van der Waals surface area contributed by atoms with E-state index in [1.165, 1.54) is 11.0 Å². The number of tetrazole rings is 1. The lowest BCUT2D eigenvalue weighted by atomic mass is 10.1. The first-order chi connectivity index (χ1) is 13.0. The van der Waals surface area contributed by atoms with Crippen LogP contribution in [0.5, 0.6) is 5.75 Å². The van der Waals surface area contributed by atoms with Crippen LogP contribution in [-0.4, -0.2) is 50.2 Å². The molecule has 0 unspecified atom stereocenters. The number of aryl methyl sites for hydroxylation is 1. The van der Waals surface area contributed by atoms with Crippen LogP contribution in [0.15, 0.2) is 30.6 Å². The lowest BCUT2D eigenvalue weighted by Gasteiger charge is -2.07. The van der Waals surface area contributed by atoms with Crippen molar-refractivity contribution in [3.8, 4) is 11.4 Å². The molecule has 3 aromatic rings. The number of aromatic amines is 1. The number of aromatic nitrogens is 5. The summed E-state index contributed by atoms with van der Waals surface area (Å²) in [5, 5.41) is 11.0. The zero-order valence-corrected chi connectivity index (χ0v) is 15.2. The first-order valence-electron chi connectivity index (χ1n) is 8.37. The lowest BCUT2D eigenvalue weighted by Crippen LogP contribution is -2.13. The number of benzene rings is 1. The summed E-state index contributed by atoms with van der Waals surface area (Å²) in [5.74, 6) is -0.158. The second kappa shape index (κ2) is 7.81. The first-order valence-corrected chi connectivity index (χ1v) is 8.37. The largest absolute Gasteiger partial charge is 0.485 e. The van der Waals surface area contributed by atoms with E-state index in [1.54, 1.807) is 45.0 Å². The minimum absolute atomic E-state index is 0.147. The maximum Gasteiger partial charge on any atom is 0.355 e. The molecule has 0 fully saturated rings.